The number of carboxylic acids is 1. The molecule has 8 heteroatoms. The van der Waals surface area contributed by atoms with Crippen LogP contribution in [0.1, 0.15) is 57.5 Å². The number of carboxylic acid groups (broad SMARTS) is 1. The number of carbonyl (C=O) groups is 4. The number of aromatic carboxylic acids is 1. The Morgan fingerprint density at radius 1 is 0.968 bits per heavy atom. The quantitative estimate of drug-likeness (QED) is 0.644. The Hall–Kier alpha value is -3.94. The van der Waals surface area contributed by atoms with Gasteiger partial charge in [0.25, 0.3) is 11.8 Å². The molecule has 158 valence electrons. The van der Waals surface area contributed by atoms with Crippen LogP contribution in [0.4, 0.5) is 4.79 Å². The molecule has 3 aromatic rings. The van der Waals surface area contributed by atoms with E-state index < -0.39 is 29.5 Å². The maximum atomic E-state index is 13.0. The highest BCUT2D eigenvalue weighted by Gasteiger charge is 2.36. The van der Waals surface area contributed by atoms with Crippen molar-refractivity contribution in [1.82, 2.24) is 9.47 Å². The van der Waals surface area contributed by atoms with E-state index in [2.05, 4.69) is 0 Å². The van der Waals surface area contributed by atoms with Crippen molar-refractivity contribution in [2.45, 2.75) is 32.9 Å². The number of imide groups is 1. The van der Waals surface area contributed by atoms with Crippen molar-refractivity contribution in [3.05, 3.63) is 70.9 Å². The van der Waals surface area contributed by atoms with Gasteiger partial charge < -0.3 is 9.84 Å². The lowest BCUT2D eigenvalue weighted by molar-refractivity contribution is 0.0520. The van der Waals surface area contributed by atoms with Gasteiger partial charge in [-0.3, -0.25) is 14.5 Å². The van der Waals surface area contributed by atoms with E-state index in [1.807, 2.05) is 0 Å². The first kappa shape index (κ1) is 20.3. The van der Waals surface area contributed by atoms with Crippen LogP contribution in [-0.4, -0.2) is 44.1 Å². The number of hydrogen-bond acceptors (Lipinski definition) is 5. The van der Waals surface area contributed by atoms with E-state index >= 15 is 0 Å². The van der Waals surface area contributed by atoms with Gasteiger partial charge in [0.15, 0.2) is 0 Å². The molecule has 1 N–H and O–H groups in total. The lowest BCUT2D eigenvalue weighted by Gasteiger charge is -2.22. The number of nitrogens with zero attached hydrogens (tertiary/aromatic N) is 2. The average Bonchev–Trinajstić information content (AvgIpc) is 3.17. The minimum Gasteiger partial charge on any atom is -0.478 e. The number of carbonyl (C=O) groups excluding carboxylic acids is 3. The zero-order valence-electron chi connectivity index (χ0n) is 17.2. The monoisotopic (exact) mass is 420 g/mol. The van der Waals surface area contributed by atoms with Crippen LogP contribution >= 0.6 is 0 Å². The normalized spacial score (nSPS) is 13.6. The Morgan fingerprint density at radius 2 is 1.58 bits per heavy atom. The standard InChI is InChI=1S/C23H20N2O6/c1-23(2,3)31-22(30)25-13(11-17-16(21(28)29)9-6-10-18(17)25)12-24-19(26)14-7-4-5-8-15(14)20(24)27/h4-11H,12H2,1-3H3,(H,28,29). The van der Waals surface area contributed by atoms with E-state index in [9.17, 15) is 24.3 Å². The first-order chi connectivity index (χ1) is 14.6. The zero-order valence-corrected chi connectivity index (χ0v) is 17.2. The SMILES string of the molecule is CC(C)(C)OC(=O)n1c(CN2C(=O)c3ccccc3C2=O)cc2c(C(=O)O)cccc21. The highest BCUT2D eigenvalue weighted by Crippen LogP contribution is 2.29. The number of benzene rings is 2. The first-order valence-electron chi connectivity index (χ1n) is 9.63. The number of fused-ring (bicyclic) bond motifs is 2. The van der Waals surface area contributed by atoms with Crippen molar-refractivity contribution in [2.24, 2.45) is 0 Å². The van der Waals surface area contributed by atoms with Crippen LogP contribution in [0, 0.1) is 0 Å². The van der Waals surface area contributed by atoms with Crippen LogP contribution in [0.15, 0.2) is 48.5 Å². The van der Waals surface area contributed by atoms with Crippen LogP contribution in [-0.2, 0) is 11.3 Å². The maximum Gasteiger partial charge on any atom is 0.419 e. The molecule has 0 saturated heterocycles. The fourth-order valence-corrected chi connectivity index (χ4v) is 3.66. The minimum absolute atomic E-state index is 0.00317. The summed E-state index contributed by atoms with van der Waals surface area (Å²) in [5.74, 6) is -2.10. The lowest BCUT2D eigenvalue weighted by Crippen LogP contribution is -2.32. The van der Waals surface area contributed by atoms with Crippen LogP contribution in [0.25, 0.3) is 10.9 Å². The summed E-state index contributed by atoms with van der Waals surface area (Å²) in [4.78, 5) is 51.3. The third-order valence-electron chi connectivity index (χ3n) is 4.93. The number of ether oxygens (including phenoxy) is 1. The molecule has 1 aliphatic heterocycles. The minimum atomic E-state index is -1.15. The van der Waals surface area contributed by atoms with Gasteiger partial charge in [0.2, 0.25) is 0 Å². The van der Waals surface area contributed by atoms with E-state index in [1.54, 1.807) is 51.1 Å². The summed E-state index contributed by atoms with van der Waals surface area (Å²) in [6, 6.07) is 12.5. The van der Waals surface area contributed by atoms with E-state index in [-0.39, 0.29) is 17.8 Å². The summed E-state index contributed by atoms with van der Waals surface area (Å²) < 4.78 is 6.72. The first-order valence-corrected chi connectivity index (χ1v) is 9.63. The molecule has 0 fully saturated rings. The van der Waals surface area contributed by atoms with Crippen LogP contribution in [0.2, 0.25) is 0 Å². The molecule has 0 aliphatic carbocycles. The molecule has 0 radical (unpaired) electrons. The van der Waals surface area contributed by atoms with Crippen molar-refractivity contribution in [3.63, 3.8) is 0 Å². The molecule has 1 aromatic heterocycles. The van der Waals surface area contributed by atoms with Gasteiger partial charge in [-0.1, -0.05) is 18.2 Å². The van der Waals surface area contributed by atoms with Crippen molar-refractivity contribution in [2.75, 3.05) is 0 Å². The molecule has 4 rings (SSSR count). The van der Waals surface area contributed by atoms with E-state index in [1.165, 1.54) is 22.8 Å². The second-order valence-electron chi connectivity index (χ2n) is 8.24. The fourth-order valence-electron chi connectivity index (χ4n) is 3.66. The Kier molecular flexibility index (Phi) is 4.65. The molecule has 2 heterocycles. The predicted molar refractivity (Wildman–Crippen MR) is 111 cm³/mol. The summed E-state index contributed by atoms with van der Waals surface area (Å²) in [7, 11) is 0. The van der Waals surface area contributed by atoms with E-state index in [0.717, 1.165) is 4.90 Å². The van der Waals surface area contributed by atoms with Gasteiger partial charge in [-0.15, -0.1) is 0 Å². The fraction of sp³-hybridized carbons (Fsp3) is 0.217. The Bertz CT molecular complexity index is 1230. The smallest absolute Gasteiger partial charge is 0.419 e. The van der Waals surface area contributed by atoms with E-state index in [4.69, 9.17) is 4.74 Å². The molecule has 2 aromatic carbocycles. The van der Waals surface area contributed by atoms with Gasteiger partial charge >= 0.3 is 12.1 Å². The molecule has 2 amide bonds. The number of hydrogen-bond donors (Lipinski definition) is 1. The molecule has 0 atom stereocenters. The third-order valence-corrected chi connectivity index (χ3v) is 4.93. The molecule has 0 unspecified atom stereocenters. The highest BCUT2D eigenvalue weighted by molar-refractivity contribution is 6.21. The third kappa shape index (κ3) is 3.46. The summed E-state index contributed by atoms with van der Waals surface area (Å²) >= 11 is 0. The summed E-state index contributed by atoms with van der Waals surface area (Å²) in [6.45, 7) is 4.93. The molecule has 1 aliphatic rings. The number of rotatable bonds is 3. The summed E-state index contributed by atoms with van der Waals surface area (Å²) in [6.07, 6.45) is -0.725. The average molecular weight is 420 g/mol. The van der Waals surface area contributed by atoms with Crippen molar-refractivity contribution in [3.8, 4) is 0 Å². The van der Waals surface area contributed by atoms with Crippen molar-refractivity contribution < 1.29 is 29.0 Å². The molecule has 0 spiro atoms. The number of amides is 2. The number of aromatic nitrogens is 1. The molecular formula is C23H20N2O6. The van der Waals surface area contributed by atoms with Gasteiger partial charge in [-0.2, -0.15) is 0 Å². The molecule has 0 saturated carbocycles. The van der Waals surface area contributed by atoms with Gasteiger partial charge in [-0.25, -0.2) is 14.2 Å². The van der Waals surface area contributed by atoms with Gasteiger partial charge in [0.05, 0.1) is 34.4 Å². The molecular weight excluding hydrogens is 400 g/mol. The summed E-state index contributed by atoms with van der Waals surface area (Å²) in [5.41, 5.74) is 0.374. The summed E-state index contributed by atoms with van der Waals surface area (Å²) in [5, 5.41) is 9.86. The highest BCUT2D eigenvalue weighted by atomic mass is 16.6. The van der Waals surface area contributed by atoms with Crippen molar-refractivity contribution in [1.29, 1.82) is 0 Å². The molecule has 0 bridgehead atoms. The topological polar surface area (TPSA) is 106 Å². The van der Waals surface area contributed by atoms with Gasteiger partial charge in [0.1, 0.15) is 5.60 Å². The van der Waals surface area contributed by atoms with Gasteiger partial charge in [-0.05, 0) is 51.1 Å². The van der Waals surface area contributed by atoms with E-state index in [0.29, 0.717) is 22.0 Å². The van der Waals surface area contributed by atoms with Crippen LogP contribution in [0.5, 0.6) is 0 Å². The second-order valence-corrected chi connectivity index (χ2v) is 8.24. The Labute approximate surface area is 177 Å². The Balaban J connectivity index is 1.84. The van der Waals surface area contributed by atoms with Gasteiger partial charge in [0, 0.05) is 5.39 Å². The largest absolute Gasteiger partial charge is 0.478 e. The predicted octanol–water partition coefficient (Wildman–Crippen LogP) is 3.92. The van der Waals surface area contributed by atoms with Crippen molar-refractivity contribution >= 4 is 34.8 Å². The second kappa shape index (κ2) is 7.09. The molecule has 8 nitrogen and oxygen atoms in total. The lowest BCUT2D eigenvalue weighted by atomic mass is 10.1. The maximum absolute atomic E-state index is 13.0. The van der Waals surface area contributed by atoms with Crippen LogP contribution in [0.3, 0.4) is 0 Å². The zero-order chi connectivity index (χ0) is 22.5. The Morgan fingerprint density at radius 3 is 2.13 bits per heavy atom. The van der Waals surface area contributed by atoms with Crippen LogP contribution < -0.4 is 0 Å². The molecule has 31 heavy (non-hydrogen) atoms.